The highest BCUT2D eigenvalue weighted by Gasteiger charge is 2.66. The molecule has 0 heterocycles. The summed E-state index contributed by atoms with van der Waals surface area (Å²) in [7, 11) is 0. The van der Waals surface area contributed by atoms with Crippen LogP contribution in [0.3, 0.4) is 0 Å². The molecule has 35 heavy (non-hydrogen) atoms. The Morgan fingerprint density at radius 1 is 0.857 bits per heavy atom. The maximum absolute atomic E-state index is 12.5. The minimum atomic E-state index is -1.08. The molecule has 0 aromatic rings. The molecular weight excluding hydrogens is 440 g/mol. The van der Waals surface area contributed by atoms with Gasteiger partial charge in [0.15, 0.2) is 0 Å². The van der Waals surface area contributed by atoms with Crippen molar-refractivity contribution in [1.82, 2.24) is 0 Å². The van der Waals surface area contributed by atoms with Crippen LogP contribution in [0.25, 0.3) is 0 Å². The molecule has 0 aromatic heterocycles. The van der Waals surface area contributed by atoms with Gasteiger partial charge in [0.1, 0.15) is 0 Å². The summed E-state index contributed by atoms with van der Waals surface area (Å²) in [4.78, 5) is 12.5. The number of carboxylic acid groups (broad SMARTS) is 1. The van der Waals surface area contributed by atoms with E-state index in [0.717, 1.165) is 57.8 Å². The van der Waals surface area contributed by atoms with Gasteiger partial charge in [0.2, 0.25) is 0 Å². The van der Waals surface area contributed by atoms with Crippen LogP contribution in [0.2, 0.25) is 0 Å². The molecule has 198 valence electrons. The van der Waals surface area contributed by atoms with Gasteiger partial charge >= 0.3 is 5.97 Å². The van der Waals surface area contributed by atoms with Gasteiger partial charge in [-0.15, -0.1) is 0 Å². The van der Waals surface area contributed by atoms with E-state index in [1.54, 1.807) is 12.5 Å². The van der Waals surface area contributed by atoms with Crippen molar-refractivity contribution in [3.63, 3.8) is 0 Å². The molecule has 5 aliphatic carbocycles. The van der Waals surface area contributed by atoms with Gasteiger partial charge in [-0.25, -0.2) is 0 Å². The van der Waals surface area contributed by atoms with Crippen molar-refractivity contribution in [2.24, 2.45) is 50.7 Å². The summed E-state index contributed by atoms with van der Waals surface area (Å²) in [5.74, 6) is 0.327. The molecule has 0 aromatic carbocycles. The maximum atomic E-state index is 12.5. The fourth-order valence-electron chi connectivity index (χ4n) is 11.0. The van der Waals surface area contributed by atoms with Crippen LogP contribution in [0.5, 0.6) is 0 Å². The number of aliphatic carboxylic acids is 1. The van der Waals surface area contributed by atoms with Crippen LogP contribution < -0.4 is 0 Å². The molecule has 4 N–H and O–H groups in total. The van der Waals surface area contributed by atoms with Crippen molar-refractivity contribution in [3.05, 3.63) is 11.6 Å². The molecule has 11 unspecified atom stereocenters. The summed E-state index contributed by atoms with van der Waals surface area (Å²) >= 11 is 0. The molecule has 0 aliphatic heterocycles. The van der Waals surface area contributed by atoms with E-state index in [1.165, 1.54) is 0 Å². The predicted octanol–water partition coefficient (Wildman–Crippen LogP) is 5.18. The number of carbonyl (C=O) groups is 1. The summed E-state index contributed by atoms with van der Waals surface area (Å²) in [5.41, 5.74) is 0.179. The number of hydrogen-bond donors (Lipinski definition) is 4. The van der Waals surface area contributed by atoms with Crippen LogP contribution in [0.1, 0.15) is 98.8 Å². The van der Waals surface area contributed by atoms with Crippen LogP contribution in [-0.2, 0) is 4.79 Å². The second-order valence-electron chi connectivity index (χ2n) is 14.5. The van der Waals surface area contributed by atoms with Gasteiger partial charge in [0.25, 0.3) is 0 Å². The van der Waals surface area contributed by atoms with Gasteiger partial charge in [-0.2, -0.15) is 0 Å². The van der Waals surface area contributed by atoms with Crippen LogP contribution in [-0.4, -0.2) is 45.2 Å². The lowest BCUT2D eigenvalue weighted by Gasteiger charge is -2.63. The SMILES string of the molecule is CC12CCC3C(C)(CCC(O)C3(C)C(=O)O)C1CCC1C(=CCC3C(C)(CO)C(O)CCC13C)C2. The second-order valence-corrected chi connectivity index (χ2v) is 14.5. The van der Waals surface area contributed by atoms with Crippen molar-refractivity contribution < 1.29 is 25.2 Å². The summed E-state index contributed by atoms with van der Waals surface area (Å²) < 4.78 is 0. The Kier molecular flexibility index (Phi) is 5.91. The molecular formula is C30H48O5. The zero-order valence-electron chi connectivity index (χ0n) is 22.5. The van der Waals surface area contributed by atoms with E-state index in [1.807, 2.05) is 0 Å². The minimum Gasteiger partial charge on any atom is -0.481 e. The van der Waals surface area contributed by atoms with Crippen molar-refractivity contribution >= 4 is 5.97 Å². The van der Waals surface area contributed by atoms with Crippen LogP contribution in [0.15, 0.2) is 11.6 Å². The van der Waals surface area contributed by atoms with Gasteiger partial charge < -0.3 is 20.4 Å². The molecule has 0 radical (unpaired) electrons. The van der Waals surface area contributed by atoms with E-state index in [2.05, 4.69) is 33.8 Å². The van der Waals surface area contributed by atoms with Crippen molar-refractivity contribution in [2.45, 2.75) is 111 Å². The molecule has 4 saturated carbocycles. The van der Waals surface area contributed by atoms with Gasteiger partial charge in [0, 0.05) is 5.41 Å². The highest BCUT2D eigenvalue weighted by atomic mass is 16.4. The van der Waals surface area contributed by atoms with E-state index in [4.69, 9.17) is 0 Å². The standard InChI is InChI=1S/C30H48O5/c1-26-13-10-22-28(3,15-12-24(33)30(22,5)25(34)35)20(26)9-7-19-18(16-26)6-8-21-27(19,2)14-11-23(32)29(21,4)17-31/h6,19-24,31-33H,7-17H2,1-5H3,(H,34,35). The Morgan fingerprint density at radius 2 is 1.51 bits per heavy atom. The number of aliphatic hydroxyl groups is 3. The van der Waals surface area contributed by atoms with E-state index in [0.29, 0.717) is 18.3 Å². The van der Waals surface area contributed by atoms with Crippen molar-refractivity contribution in [1.29, 1.82) is 0 Å². The first-order valence-corrected chi connectivity index (χ1v) is 14.2. The molecule has 5 heteroatoms. The lowest BCUT2D eigenvalue weighted by Crippen LogP contribution is -2.61. The second kappa shape index (κ2) is 8.04. The highest BCUT2D eigenvalue weighted by molar-refractivity contribution is 5.76. The average molecular weight is 489 g/mol. The first-order chi connectivity index (χ1) is 16.3. The maximum Gasteiger partial charge on any atom is 0.312 e. The first-order valence-electron chi connectivity index (χ1n) is 14.2. The summed E-state index contributed by atoms with van der Waals surface area (Å²) in [6.07, 6.45) is 10.6. The number of fused-ring (bicyclic) bond motifs is 6. The van der Waals surface area contributed by atoms with E-state index < -0.39 is 29.0 Å². The smallest absolute Gasteiger partial charge is 0.312 e. The molecule has 11 atom stereocenters. The minimum absolute atomic E-state index is 0.00530. The number of aliphatic hydroxyl groups excluding tert-OH is 3. The molecule has 5 rings (SSSR count). The monoisotopic (exact) mass is 488 g/mol. The summed E-state index contributed by atoms with van der Waals surface area (Å²) in [6.45, 7) is 11.2. The van der Waals surface area contributed by atoms with Crippen molar-refractivity contribution in [3.8, 4) is 0 Å². The Labute approximate surface area is 211 Å². The Hall–Kier alpha value is -0.910. The zero-order chi connectivity index (χ0) is 25.6. The third-order valence-electron chi connectivity index (χ3n) is 13.1. The molecule has 0 spiro atoms. The number of rotatable bonds is 2. The molecule has 0 saturated heterocycles. The zero-order valence-corrected chi connectivity index (χ0v) is 22.5. The number of allylic oxidation sites excluding steroid dienone is 2. The first kappa shape index (κ1) is 25.7. The lowest BCUT2D eigenvalue weighted by molar-refractivity contribution is -0.199. The fourth-order valence-corrected chi connectivity index (χ4v) is 11.0. The third kappa shape index (κ3) is 3.26. The third-order valence-corrected chi connectivity index (χ3v) is 13.1. The quantitative estimate of drug-likeness (QED) is 0.402. The highest BCUT2D eigenvalue weighted by Crippen LogP contribution is 2.70. The molecule has 5 nitrogen and oxygen atoms in total. The summed E-state index contributed by atoms with van der Waals surface area (Å²) in [6, 6.07) is 0. The van der Waals surface area contributed by atoms with Gasteiger partial charge in [-0.05, 0) is 111 Å². The van der Waals surface area contributed by atoms with E-state index in [9.17, 15) is 25.2 Å². The van der Waals surface area contributed by atoms with Crippen molar-refractivity contribution in [2.75, 3.05) is 6.61 Å². The topological polar surface area (TPSA) is 98.0 Å². The molecule has 0 amide bonds. The molecule has 4 fully saturated rings. The van der Waals surface area contributed by atoms with Crippen LogP contribution in [0, 0.1) is 50.7 Å². The Morgan fingerprint density at radius 3 is 2.17 bits per heavy atom. The number of hydrogen-bond acceptors (Lipinski definition) is 4. The van der Waals surface area contributed by atoms with Crippen LogP contribution in [0.4, 0.5) is 0 Å². The Balaban J connectivity index is 1.51. The largest absolute Gasteiger partial charge is 0.481 e. The van der Waals surface area contributed by atoms with E-state index in [-0.39, 0.29) is 34.7 Å². The number of carboxylic acids is 1. The summed E-state index contributed by atoms with van der Waals surface area (Å²) in [5, 5.41) is 42.4. The Bertz CT molecular complexity index is 914. The molecule has 0 bridgehead atoms. The van der Waals surface area contributed by atoms with Gasteiger partial charge in [-0.1, -0.05) is 39.3 Å². The predicted molar refractivity (Wildman–Crippen MR) is 135 cm³/mol. The fraction of sp³-hybridized carbons (Fsp3) is 0.900. The van der Waals surface area contributed by atoms with E-state index >= 15 is 0 Å². The average Bonchev–Trinajstić information content (AvgIpc) is 2.96. The lowest BCUT2D eigenvalue weighted by atomic mass is 9.41. The van der Waals surface area contributed by atoms with Crippen LogP contribution >= 0.6 is 0 Å². The molecule has 5 aliphatic rings. The normalized spacial score (nSPS) is 55.9. The van der Waals surface area contributed by atoms with Gasteiger partial charge in [0.05, 0.1) is 24.2 Å². The van der Waals surface area contributed by atoms with Gasteiger partial charge in [-0.3, -0.25) is 4.79 Å².